The Hall–Kier alpha value is -2.60. The number of hydrogen-bond acceptors (Lipinski definition) is 3. The molecule has 2 amide bonds. The van der Waals surface area contributed by atoms with Crippen molar-refractivity contribution >= 4 is 29.1 Å². The first-order chi connectivity index (χ1) is 11.0. The van der Waals surface area contributed by atoms with Crippen LogP contribution < -0.4 is 15.4 Å². The first-order valence-corrected chi connectivity index (χ1v) is 7.06. The van der Waals surface area contributed by atoms with Gasteiger partial charge in [-0.3, -0.25) is 9.59 Å². The van der Waals surface area contributed by atoms with Crippen LogP contribution in [0.1, 0.15) is 10.4 Å². The second-order valence-corrected chi connectivity index (χ2v) is 4.93. The molecule has 2 rings (SSSR count). The number of anilines is 1. The fourth-order valence-corrected chi connectivity index (χ4v) is 2.15. The van der Waals surface area contributed by atoms with Crippen molar-refractivity contribution in [1.82, 2.24) is 5.32 Å². The van der Waals surface area contributed by atoms with Crippen LogP contribution >= 0.6 is 11.6 Å². The summed E-state index contributed by atoms with van der Waals surface area (Å²) in [7, 11) is 1.48. The van der Waals surface area contributed by atoms with Crippen LogP contribution in [-0.4, -0.2) is 25.5 Å². The third-order valence-electron chi connectivity index (χ3n) is 2.98. The fraction of sp³-hybridized carbons (Fsp3) is 0.125. The Labute approximate surface area is 137 Å². The highest BCUT2D eigenvalue weighted by molar-refractivity contribution is 6.33. The van der Waals surface area contributed by atoms with E-state index < -0.39 is 17.6 Å². The van der Waals surface area contributed by atoms with Gasteiger partial charge in [-0.05, 0) is 24.3 Å². The van der Waals surface area contributed by atoms with Gasteiger partial charge in [0.05, 0.1) is 29.9 Å². The SMILES string of the molecule is COc1ccccc1NC(=O)CNC(=O)c1c(F)cccc1Cl. The second-order valence-electron chi connectivity index (χ2n) is 4.53. The maximum Gasteiger partial charge on any atom is 0.256 e. The van der Waals surface area contributed by atoms with Gasteiger partial charge in [0.15, 0.2) is 0 Å². The predicted molar refractivity (Wildman–Crippen MR) is 85.4 cm³/mol. The Bertz CT molecular complexity index is 717. The zero-order valence-corrected chi connectivity index (χ0v) is 13.0. The van der Waals surface area contributed by atoms with Crippen LogP contribution in [0.3, 0.4) is 0 Å². The molecule has 2 aromatic rings. The van der Waals surface area contributed by atoms with E-state index >= 15 is 0 Å². The van der Waals surface area contributed by atoms with Crippen LogP contribution in [-0.2, 0) is 4.79 Å². The topological polar surface area (TPSA) is 67.4 Å². The minimum atomic E-state index is -0.761. The number of carbonyl (C=O) groups is 2. The Morgan fingerprint density at radius 3 is 2.61 bits per heavy atom. The maximum atomic E-state index is 13.6. The molecule has 0 aliphatic rings. The summed E-state index contributed by atoms with van der Waals surface area (Å²) in [5.41, 5.74) is 0.178. The van der Waals surface area contributed by atoms with E-state index in [4.69, 9.17) is 16.3 Å². The van der Waals surface area contributed by atoms with Gasteiger partial charge >= 0.3 is 0 Å². The standard InChI is InChI=1S/C16H14ClFN2O3/c1-23-13-8-3-2-7-12(13)20-14(21)9-19-16(22)15-10(17)5-4-6-11(15)18/h2-8H,9H2,1H3,(H,19,22)(H,20,21). The molecule has 2 aromatic carbocycles. The fourth-order valence-electron chi connectivity index (χ4n) is 1.91. The van der Waals surface area contributed by atoms with Crippen LogP contribution in [0.25, 0.3) is 0 Å². The number of amides is 2. The first-order valence-electron chi connectivity index (χ1n) is 6.68. The molecule has 5 nitrogen and oxygen atoms in total. The number of ether oxygens (including phenoxy) is 1. The summed E-state index contributed by atoms with van der Waals surface area (Å²) in [4.78, 5) is 23.8. The molecule has 120 valence electrons. The van der Waals surface area contributed by atoms with Crippen molar-refractivity contribution in [3.63, 3.8) is 0 Å². The first kappa shape index (κ1) is 16.8. The molecule has 0 radical (unpaired) electrons. The summed E-state index contributed by atoms with van der Waals surface area (Å²) in [6, 6.07) is 10.7. The van der Waals surface area contributed by atoms with Crippen molar-refractivity contribution in [3.05, 3.63) is 58.9 Å². The van der Waals surface area contributed by atoms with Gasteiger partial charge in [0.25, 0.3) is 5.91 Å². The quantitative estimate of drug-likeness (QED) is 0.882. The lowest BCUT2D eigenvalue weighted by atomic mass is 10.2. The number of benzene rings is 2. The van der Waals surface area contributed by atoms with Gasteiger partial charge in [0.2, 0.25) is 5.91 Å². The summed E-state index contributed by atoms with van der Waals surface area (Å²) < 4.78 is 18.7. The molecule has 2 N–H and O–H groups in total. The van der Waals surface area contributed by atoms with Gasteiger partial charge in [-0.25, -0.2) is 4.39 Å². The van der Waals surface area contributed by atoms with Gasteiger partial charge in [0.1, 0.15) is 11.6 Å². The van der Waals surface area contributed by atoms with Gasteiger partial charge in [-0.2, -0.15) is 0 Å². The summed E-state index contributed by atoms with van der Waals surface area (Å²) in [5, 5.41) is 4.89. The zero-order chi connectivity index (χ0) is 16.8. The molecule has 0 aliphatic carbocycles. The maximum absolute atomic E-state index is 13.6. The molecule has 0 atom stereocenters. The largest absolute Gasteiger partial charge is 0.495 e. The molecule has 0 aromatic heterocycles. The number of halogens is 2. The Morgan fingerprint density at radius 2 is 1.91 bits per heavy atom. The van der Waals surface area contributed by atoms with E-state index in [1.165, 1.54) is 19.2 Å². The van der Waals surface area contributed by atoms with Crippen molar-refractivity contribution < 1.29 is 18.7 Å². The monoisotopic (exact) mass is 336 g/mol. The number of carbonyl (C=O) groups excluding carboxylic acids is 2. The molecule has 23 heavy (non-hydrogen) atoms. The molecule has 0 heterocycles. The molecule has 0 bridgehead atoms. The molecular formula is C16H14ClFN2O3. The smallest absolute Gasteiger partial charge is 0.256 e. The highest BCUT2D eigenvalue weighted by Crippen LogP contribution is 2.22. The number of hydrogen-bond donors (Lipinski definition) is 2. The number of methoxy groups -OCH3 is 1. The molecule has 0 saturated heterocycles. The molecule has 0 fully saturated rings. The van der Waals surface area contributed by atoms with Crippen LogP contribution in [0.15, 0.2) is 42.5 Å². The predicted octanol–water partition coefficient (Wildman–Crippen LogP) is 2.86. The lowest BCUT2D eigenvalue weighted by Gasteiger charge is -2.11. The number of rotatable bonds is 5. The molecule has 0 unspecified atom stereocenters. The third-order valence-corrected chi connectivity index (χ3v) is 3.30. The lowest BCUT2D eigenvalue weighted by Crippen LogP contribution is -2.33. The van der Waals surface area contributed by atoms with E-state index in [9.17, 15) is 14.0 Å². The molecule has 0 aliphatic heterocycles. The normalized spacial score (nSPS) is 10.0. The highest BCUT2D eigenvalue weighted by atomic mass is 35.5. The molecular weight excluding hydrogens is 323 g/mol. The highest BCUT2D eigenvalue weighted by Gasteiger charge is 2.16. The third kappa shape index (κ3) is 4.20. The molecule has 0 spiro atoms. The summed E-state index contributed by atoms with van der Waals surface area (Å²) in [5.74, 6) is -1.50. The summed E-state index contributed by atoms with van der Waals surface area (Å²) >= 11 is 5.79. The summed E-state index contributed by atoms with van der Waals surface area (Å²) in [6.07, 6.45) is 0. The second kappa shape index (κ2) is 7.60. The van der Waals surface area contributed by atoms with E-state index in [0.717, 1.165) is 6.07 Å². The van der Waals surface area contributed by atoms with Crippen molar-refractivity contribution in [2.24, 2.45) is 0 Å². The van der Waals surface area contributed by atoms with E-state index in [1.807, 2.05) is 0 Å². The van der Waals surface area contributed by atoms with Crippen LogP contribution in [0.2, 0.25) is 5.02 Å². The zero-order valence-electron chi connectivity index (χ0n) is 12.2. The Morgan fingerprint density at radius 1 is 1.17 bits per heavy atom. The Balaban J connectivity index is 1.98. The Kier molecular flexibility index (Phi) is 5.54. The van der Waals surface area contributed by atoms with E-state index in [-0.39, 0.29) is 17.1 Å². The molecule has 0 saturated carbocycles. The van der Waals surface area contributed by atoms with Gasteiger partial charge in [0, 0.05) is 0 Å². The van der Waals surface area contributed by atoms with Gasteiger partial charge in [-0.15, -0.1) is 0 Å². The van der Waals surface area contributed by atoms with E-state index in [1.54, 1.807) is 24.3 Å². The van der Waals surface area contributed by atoms with E-state index in [0.29, 0.717) is 11.4 Å². The number of nitrogens with one attached hydrogen (secondary N) is 2. The van der Waals surface area contributed by atoms with Gasteiger partial charge in [-0.1, -0.05) is 29.8 Å². The van der Waals surface area contributed by atoms with Crippen LogP contribution in [0.4, 0.5) is 10.1 Å². The molecule has 7 heteroatoms. The number of para-hydroxylation sites is 2. The van der Waals surface area contributed by atoms with Crippen molar-refractivity contribution in [3.8, 4) is 5.75 Å². The lowest BCUT2D eigenvalue weighted by molar-refractivity contribution is -0.115. The van der Waals surface area contributed by atoms with Gasteiger partial charge < -0.3 is 15.4 Å². The summed E-state index contributed by atoms with van der Waals surface area (Å²) in [6.45, 7) is -0.332. The van der Waals surface area contributed by atoms with Crippen molar-refractivity contribution in [2.75, 3.05) is 19.0 Å². The average Bonchev–Trinajstić information content (AvgIpc) is 2.53. The van der Waals surface area contributed by atoms with Crippen molar-refractivity contribution in [1.29, 1.82) is 0 Å². The average molecular weight is 337 g/mol. The minimum Gasteiger partial charge on any atom is -0.495 e. The van der Waals surface area contributed by atoms with E-state index in [2.05, 4.69) is 10.6 Å². The van der Waals surface area contributed by atoms with Crippen LogP contribution in [0, 0.1) is 5.82 Å². The van der Waals surface area contributed by atoms with Crippen LogP contribution in [0.5, 0.6) is 5.75 Å². The minimum absolute atomic E-state index is 0.0207. The van der Waals surface area contributed by atoms with Crippen molar-refractivity contribution in [2.45, 2.75) is 0 Å².